The van der Waals surface area contributed by atoms with Crippen LogP contribution in [0.25, 0.3) is 11.2 Å². The van der Waals surface area contributed by atoms with E-state index in [0.29, 0.717) is 23.4 Å². The van der Waals surface area contributed by atoms with Crippen LogP contribution in [0.2, 0.25) is 0 Å². The van der Waals surface area contributed by atoms with Gasteiger partial charge in [-0.1, -0.05) is 62.4 Å². The topological polar surface area (TPSA) is 90.9 Å². The smallest absolute Gasteiger partial charge is 0.324 e. The van der Waals surface area contributed by atoms with Gasteiger partial charge in [-0.05, 0) is 30.0 Å². The standard InChI is InChI=1S/C25H27N5O3/c1-17(2)13-28-16-26-23-22(28)24(32)30(15-21(31)27-20-12-8-7-9-18(20)3)25(33)29(23)14-19-10-5-4-6-11-19/h4-12,16-17H,13-15H2,1-3H3,(H,27,31). The molecule has 0 aliphatic carbocycles. The highest BCUT2D eigenvalue weighted by molar-refractivity contribution is 5.91. The van der Waals surface area contributed by atoms with Crippen LogP contribution in [0.5, 0.6) is 0 Å². The monoisotopic (exact) mass is 445 g/mol. The molecular formula is C25H27N5O3. The van der Waals surface area contributed by atoms with E-state index in [1.807, 2.05) is 69.3 Å². The second kappa shape index (κ2) is 9.28. The molecule has 1 amide bonds. The van der Waals surface area contributed by atoms with Gasteiger partial charge in [0.15, 0.2) is 11.2 Å². The first kappa shape index (κ1) is 22.3. The Morgan fingerprint density at radius 3 is 2.39 bits per heavy atom. The number of amides is 1. The van der Waals surface area contributed by atoms with E-state index in [-0.39, 0.29) is 19.0 Å². The fourth-order valence-corrected chi connectivity index (χ4v) is 3.86. The molecule has 0 saturated heterocycles. The van der Waals surface area contributed by atoms with Crippen molar-refractivity contribution in [1.29, 1.82) is 0 Å². The summed E-state index contributed by atoms with van der Waals surface area (Å²) in [4.78, 5) is 44.0. The van der Waals surface area contributed by atoms with Gasteiger partial charge in [-0.15, -0.1) is 0 Å². The molecule has 0 aliphatic heterocycles. The molecule has 33 heavy (non-hydrogen) atoms. The highest BCUT2D eigenvalue weighted by Gasteiger charge is 2.20. The second-order valence-electron chi connectivity index (χ2n) is 8.57. The third-order valence-corrected chi connectivity index (χ3v) is 5.45. The molecule has 2 aromatic carbocycles. The van der Waals surface area contributed by atoms with Crippen LogP contribution in [-0.2, 0) is 24.4 Å². The maximum atomic E-state index is 13.4. The van der Waals surface area contributed by atoms with Gasteiger partial charge in [0.05, 0.1) is 12.9 Å². The first-order chi connectivity index (χ1) is 15.8. The molecule has 4 rings (SSSR count). The number of nitrogens with one attached hydrogen (secondary N) is 1. The van der Waals surface area contributed by atoms with Crippen molar-refractivity contribution in [3.63, 3.8) is 0 Å². The van der Waals surface area contributed by atoms with Crippen LogP contribution >= 0.6 is 0 Å². The maximum absolute atomic E-state index is 13.4. The van der Waals surface area contributed by atoms with E-state index in [1.54, 1.807) is 17.0 Å². The number of benzene rings is 2. The molecule has 170 valence electrons. The molecule has 8 nitrogen and oxygen atoms in total. The van der Waals surface area contributed by atoms with Gasteiger partial charge < -0.3 is 9.88 Å². The average molecular weight is 446 g/mol. The predicted molar refractivity (Wildman–Crippen MR) is 128 cm³/mol. The largest absolute Gasteiger partial charge is 0.333 e. The Kier molecular flexibility index (Phi) is 6.26. The first-order valence-electron chi connectivity index (χ1n) is 10.9. The van der Waals surface area contributed by atoms with Crippen LogP contribution in [0.4, 0.5) is 5.69 Å². The third-order valence-electron chi connectivity index (χ3n) is 5.45. The molecule has 0 unspecified atom stereocenters. The van der Waals surface area contributed by atoms with Crippen LogP contribution in [0.1, 0.15) is 25.0 Å². The van der Waals surface area contributed by atoms with E-state index in [1.165, 1.54) is 4.57 Å². The molecule has 0 fully saturated rings. The number of para-hydroxylation sites is 1. The van der Waals surface area contributed by atoms with Gasteiger partial charge >= 0.3 is 5.69 Å². The second-order valence-corrected chi connectivity index (χ2v) is 8.57. The molecule has 0 atom stereocenters. The van der Waals surface area contributed by atoms with Crippen molar-refractivity contribution in [3.05, 3.63) is 92.9 Å². The molecule has 4 aromatic rings. The average Bonchev–Trinajstić information content (AvgIpc) is 3.19. The zero-order valence-corrected chi connectivity index (χ0v) is 19.0. The Labute approximate surface area is 191 Å². The molecule has 0 spiro atoms. The van der Waals surface area contributed by atoms with E-state index in [2.05, 4.69) is 10.3 Å². The summed E-state index contributed by atoms with van der Waals surface area (Å²) < 4.78 is 4.22. The normalized spacial score (nSPS) is 11.3. The lowest BCUT2D eigenvalue weighted by molar-refractivity contribution is -0.116. The number of aryl methyl sites for hydroxylation is 1. The van der Waals surface area contributed by atoms with E-state index >= 15 is 0 Å². The van der Waals surface area contributed by atoms with Crippen molar-refractivity contribution in [1.82, 2.24) is 18.7 Å². The molecule has 2 aromatic heterocycles. The molecular weight excluding hydrogens is 418 g/mol. The molecule has 0 aliphatic rings. The predicted octanol–water partition coefficient (Wildman–Crippen LogP) is 3.01. The van der Waals surface area contributed by atoms with E-state index < -0.39 is 17.2 Å². The molecule has 8 heteroatoms. The van der Waals surface area contributed by atoms with Gasteiger partial charge in [-0.2, -0.15) is 0 Å². The summed E-state index contributed by atoms with van der Waals surface area (Å²) in [7, 11) is 0. The van der Waals surface area contributed by atoms with Crippen LogP contribution < -0.4 is 16.6 Å². The summed E-state index contributed by atoms with van der Waals surface area (Å²) in [6, 6.07) is 16.8. The first-order valence-corrected chi connectivity index (χ1v) is 10.9. The van der Waals surface area contributed by atoms with Gasteiger partial charge in [0.1, 0.15) is 6.54 Å². The van der Waals surface area contributed by atoms with Crippen molar-refractivity contribution in [2.45, 2.75) is 40.4 Å². The molecule has 2 heterocycles. The Morgan fingerprint density at radius 2 is 1.70 bits per heavy atom. The van der Waals surface area contributed by atoms with Gasteiger partial charge in [-0.3, -0.25) is 14.2 Å². The summed E-state index contributed by atoms with van der Waals surface area (Å²) in [6.45, 7) is 6.40. The highest BCUT2D eigenvalue weighted by Crippen LogP contribution is 2.14. The Balaban J connectivity index is 1.81. The van der Waals surface area contributed by atoms with Crippen molar-refractivity contribution in [2.75, 3.05) is 5.32 Å². The maximum Gasteiger partial charge on any atom is 0.333 e. The lowest BCUT2D eigenvalue weighted by atomic mass is 10.2. The number of fused-ring (bicyclic) bond motifs is 1. The number of hydrogen-bond acceptors (Lipinski definition) is 4. The SMILES string of the molecule is Cc1ccccc1NC(=O)Cn1c(=O)c2c(ncn2CC(C)C)n(Cc2ccccc2)c1=O. The molecule has 0 bridgehead atoms. The van der Waals surface area contributed by atoms with Gasteiger partial charge in [0.25, 0.3) is 5.56 Å². The zero-order valence-electron chi connectivity index (χ0n) is 19.0. The Hall–Kier alpha value is -3.94. The van der Waals surface area contributed by atoms with Crippen molar-refractivity contribution >= 4 is 22.8 Å². The number of carbonyl (C=O) groups is 1. The number of aromatic nitrogens is 4. The van der Waals surface area contributed by atoms with Gasteiger partial charge in [-0.25, -0.2) is 14.3 Å². The van der Waals surface area contributed by atoms with Crippen molar-refractivity contribution < 1.29 is 4.79 Å². The minimum atomic E-state index is -0.564. The summed E-state index contributed by atoms with van der Waals surface area (Å²) in [5.74, 6) is -0.168. The van der Waals surface area contributed by atoms with Gasteiger partial charge in [0.2, 0.25) is 5.91 Å². The minimum Gasteiger partial charge on any atom is -0.324 e. The fourth-order valence-electron chi connectivity index (χ4n) is 3.86. The van der Waals surface area contributed by atoms with Crippen molar-refractivity contribution in [2.24, 2.45) is 5.92 Å². The molecule has 1 N–H and O–H groups in total. The van der Waals surface area contributed by atoms with Crippen LogP contribution in [0.15, 0.2) is 70.5 Å². The number of anilines is 1. The lowest BCUT2D eigenvalue weighted by Crippen LogP contribution is -2.43. The Morgan fingerprint density at radius 1 is 1.00 bits per heavy atom. The zero-order chi connectivity index (χ0) is 23.5. The summed E-state index contributed by atoms with van der Waals surface area (Å²) in [6.07, 6.45) is 1.59. The lowest BCUT2D eigenvalue weighted by Gasteiger charge is -2.14. The molecule has 0 radical (unpaired) electrons. The summed E-state index contributed by atoms with van der Waals surface area (Å²) >= 11 is 0. The van der Waals surface area contributed by atoms with Crippen LogP contribution in [-0.4, -0.2) is 24.6 Å². The summed E-state index contributed by atoms with van der Waals surface area (Å²) in [5.41, 5.74) is 2.00. The number of hydrogen-bond donors (Lipinski definition) is 1. The van der Waals surface area contributed by atoms with E-state index in [0.717, 1.165) is 15.7 Å². The van der Waals surface area contributed by atoms with Crippen LogP contribution in [0, 0.1) is 12.8 Å². The Bertz CT molecular complexity index is 1410. The van der Waals surface area contributed by atoms with Gasteiger partial charge in [0, 0.05) is 12.2 Å². The molecule has 0 saturated carbocycles. The number of imidazole rings is 1. The van der Waals surface area contributed by atoms with Crippen LogP contribution in [0.3, 0.4) is 0 Å². The third kappa shape index (κ3) is 4.64. The summed E-state index contributed by atoms with van der Waals surface area (Å²) in [5, 5.41) is 2.80. The minimum absolute atomic E-state index is 0.245. The van der Waals surface area contributed by atoms with E-state index in [9.17, 15) is 14.4 Å². The van der Waals surface area contributed by atoms with E-state index in [4.69, 9.17) is 0 Å². The highest BCUT2D eigenvalue weighted by atomic mass is 16.2. The number of rotatable bonds is 7. The number of nitrogens with zero attached hydrogens (tertiary/aromatic N) is 4. The van der Waals surface area contributed by atoms with Crippen molar-refractivity contribution in [3.8, 4) is 0 Å². The number of carbonyl (C=O) groups excluding carboxylic acids is 1. The fraction of sp³-hybridized carbons (Fsp3) is 0.280. The quantitative estimate of drug-likeness (QED) is 0.473.